The third kappa shape index (κ3) is 5.13. The van der Waals surface area contributed by atoms with Crippen LogP contribution < -0.4 is 5.32 Å². The molecule has 4 nitrogen and oxygen atoms in total. The van der Waals surface area contributed by atoms with Crippen LogP contribution in [0.15, 0.2) is 23.4 Å². The summed E-state index contributed by atoms with van der Waals surface area (Å²) in [5.74, 6) is -0.452. The number of alkyl halides is 3. The number of carbonyl (C=O) groups is 1. The molecule has 1 heterocycles. The summed E-state index contributed by atoms with van der Waals surface area (Å²) in [5, 5.41) is 11.6. The van der Waals surface area contributed by atoms with Crippen molar-refractivity contribution in [2.75, 3.05) is 0 Å². The molecular formula is C15H18F3N3OS. The summed E-state index contributed by atoms with van der Waals surface area (Å²) in [6, 6.07) is 4.22. The number of hydrogen-bond donors (Lipinski definition) is 1. The minimum Gasteiger partial charge on any atom is -0.337 e. The van der Waals surface area contributed by atoms with Crippen LogP contribution in [0.4, 0.5) is 13.2 Å². The molecule has 1 rings (SSSR count). The van der Waals surface area contributed by atoms with Gasteiger partial charge in [0.25, 0.3) is 0 Å². The molecule has 0 saturated heterocycles. The van der Waals surface area contributed by atoms with Crippen molar-refractivity contribution in [2.45, 2.75) is 49.7 Å². The Hall–Kier alpha value is -1.75. The zero-order chi connectivity index (χ0) is 17.8. The molecule has 23 heavy (non-hydrogen) atoms. The van der Waals surface area contributed by atoms with Crippen LogP contribution in [0, 0.1) is 17.2 Å². The van der Waals surface area contributed by atoms with Crippen LogP contribution in [0.3, 0.4) is 0 Å². The molecule has 2 unspecified atom stereocenters. The van der Waals surface area contributed by atoms with Gasteiger partial charge < -0.3 is 5.32 Å². The normalized spacial score (nSPS) is 15.6. The lowest BCUT2D eigenvalue weighted by Crippen LogP contribution is -2.51. The van der Waals surface area contributed by atoms with Crippen LogP contribution in [0.2, 0.25) is 0 Å². The van der Waals surface area contributed by atoms with E-state index in [1.807, 2.05) is 13.8 Å². The van der Waals surface area contributed by atoms with E-state index in [4.69, 9.17) is 0 Å². The molecule has 1 amide bonds. The lowest BCUT2D eigenvalue weighted by atomic mass is 9.90. The molecule has 1 aromatic heterocycles. The molecular weight excluding hydrogens is 327 g/mol. The highest BCUT2D eigenvalue weighted by Crippen LogP contribution is 2.30. The lowest BCUT2D eigenvalue weighted by Gasteiger charge is -2.28. The SMILES string of the molecule is CC(Sc1ccc(C(F)(F)F)cn1)C(=O)NC(C)(C#N)C(C)C. The quantitative estimate of drug-likeness (QED) is 0.828. The molecule has 1 N–H and O–H groups in total. The van der Waals surface area contributed by atoms with Gasteiger partial charge in [-0.15, -0.1) is 0 Å². The second-order valence-electron chi connectivity index (χ2n) is 5.60. The monoisotopic (exact) mass is 345 g/mol. The minimum atomic E-state index is -4.44. The topological polar surface area (TPSA) is 65.8 Å². The van der Waals surface area contributed by atoms with Crippen LogP contribution in [0.25, 0.3) is 0 Å². The number of nitrogens with zero attached hydrogens (tertiary/aromatic N) is 2. The van der Waals surface area contributed by atoms with E-state index in [1.165, 1.54) is 6.07 Å². The molecule has 2 atom stereocenters. The fourth-order valence-corrected chi connectivity index (χ4v) is 2.30. The van der Waals surface area contributed by atoms with Crippen molar-refractivity contribution in [3.63, 3.8) is 0 Å². The third-order valence-electron chi connectivity index (χ3n) is 3.50. The number of amides is 1. The van der Waals surface area contributed by atoms with Gasteiger partial charge in [0, 0.05) is 6.20 Å². The number of nitrogens with one attached hydrogen (secondary N) is 1. The molecule has 0 bridgehead atoms. The first kappa shape index (κ1) is 19.3. The Labute approximate surface area is 137 Å². The predicted molar refractivity (Wildman–Crippen MR) is 81.6 cm³/mol. The smallest absolute Gasteiger partial charge is 0.337 e. The highest BCUT2D eigenvalue weighted by molar-refractivity contribution is 8.00. The lowest BCUT2D eigenvalue weighted by molar-refractivity contribution is -0.137. The number of thioether (sulfide) groups is 1. The van der Waals surface area contributed by atoms with Gasteiger partial charge in [0.2, 0.25) is 5.91 Å². The summed E-state index contributed by atoms with van der Waals surface area (Å²) in [4.78, 5) is 15.9. The molecule has 0 aromatic carbocycles. The fourth-order valence-electron chi connectivity index (χ4n) is 1.51. The van der Waals surface area contributed by atoms with Crippen molar-refractivity contribution in [3.05, 3.63) is 23.9 Å². The third-order valence-corrected chi connectivity index (χ3v) is 4.55. The Morgan fingerprint density at radius 1 is 1.35 bits per heavy atom. The maximum Gasteiger partial charge on any atom is 0.417 e. The molecule has 0 aliphatic heterocycles. The van der Waals surface area contributed by atoms with Gasteiger partial charge in [-0.1, -0.05) is 25.6 Å². The second kappa shape index (κ2) is 7.21. The van der Waals surface area contributed by atoms with Gasteiger partial charge in [-0.2, -0.15) is 18.4 Å². The first-order chi connectivity index (χ1) is 10.5. The number of halogens is 3. The number of rotatable bonds is 5. The molecule has 0 saturated carbocycles. The average Bonchev–Trinajstić information content (AvgIpc) is 2.46. The predicted octanol–water partition coefficient (Wildman–Crippen LogP) is 3.64. The van der Waals surface area contributed by atoms with E-state index in [1.54, 1.807) is 13.8 Å². The minimum absolute atomic E-state index is 0.0853. The molecule has 126 valence electrons. The standard InChI is InChI=1S/C15H18F3N3OS/c1-9(2)14(4,8-19)21-13(22)10(3)23-12-6-5-11(7-20-12)15(16,17)18/h5-7,9-10H,1-4H3,(H,21,22). The Balaban J connectivity index is 2.74. The summed E-state index contributed by atoms with van der Waals surface area (Å²) < 4.78 is 37.4. The van der Waals surface area contributed by atoms with Crippen LogP contribution in [-0.4, -0.2) is 21.7 Å². The maximum atomic E-state index is 12.5. The van der Waals surface area contributed by atoms with Crippen molar-refractivity contribution < 1.29 is 18.0 Å². The van der Waals surface area contributed by atoms with Gasteiger partial charge in [0.1, 0.15) is 5.54 Å². The van der Waals surface area contributed by atoms with Crippen LogP contribution in [-0.2, 0) is 11.0 Å². The Morgan fingerprint density at radius 3 is 2.35 bits per heavy atom. The number of carbonyl (C=O) groups excluding carboxylic acids is 1. The zero-order valence-electron chi connectivity index (χ0n) is 13.2. The van der Waals surface area contributed by atoms with E-state index in [9.17, 15) is 23.2 Å². The maximum absolute atomic E-state index is 12.5. The summed E-state index contributed by atoms with van der Waals surface area (Å²) in [6.07, 6.45) is -3.70. The number of pyridine rings is 1. The van der Waals surface area contributed by atoms with E-state index < -0.39 is 22.5 Å². The van der Waals surface area contributed by atoms with Crippen molar-refractivity contribution >= 4 is 17.7 Å². The highest BCUT2D eigenvalue weighted by Gasteiger charge is 2.32. The fraction of sp³-hybridized carbons (Fsp3) is 0.533. The van der Waals surface area contributed by atoms with Gasteiger partial charge in [-0.3, -0.25) is 4.79 Å². The zero-order valence-corrected chi connectivity index (χ0v) is 14.0. The van der Waals surface area contributed by atoms with Crippen molar-refractivity contribution in [3.8, 4) is 6.07 Å². The molecule has 0 spiro atoms. The van der Waals surface area contributed by atoms with Crippen molar-refractivity contribution in [1.82, 2.24) is 10.3 Å². The van der Waals surface area contributed by atoms with E-state index in [-0.39, 0.29) is 11.8 Å². The van der Waals surface area contributed by atoms with Crippen LogP contribution in [0.1, 0.15) is 33.3 Å². The summed E-state index contributed by atoms with van der Waals surface area (Å²) in [7, 11) is 0. The Bertz CT molecular complexity index is 595. The number of aromatic nitrogens is 1. The summed E-state index contributed by atoms with van der Waals surface area (Å²) in [5.41, 5.74) is -1.84. The van der Waals surface area contributed by atoms with E-state index in [2.05, 4.69) is 16.4 Å². The average molecular weight is 345 g/mol. The van der Waals surface area contributed by atoms with E-state index in [0.717, 1.165) is 24.0 Å². The number of hydrogen-bond acceptors (Lipinski definition) is 4. The summed E-state index contributed by atoms with van der Waals surface area (Å²) in [6.45, 7) is 6.87. The van der Waals surface area contributed by atoms with E-state index in [0.29, 0.717) is 5.03 Å². The first-order valence-corrected chi connectivity index (χ1v) is 7.80. The van der Waals surface area contributed by atoms with Crippen molar-refractivity contribution in [1.29, 1.82) is 5.26 Å². The van der Waals surface area contributed by atoms with Crippen LogP contribution in [0.5, 0.6) is 0 Å². The van der Waals surface area contributed by atoms with Gasteiger partial charge in [0.15, 0.2) is 0 Å². The first-order valence-electron chi connectivity index (χ1n) is 6.93. The largest absolute Gasteiger partial charge is 0.417 e. The number of nitriles is 1. The second-order valence-corrected chi connectivity index (χ2v) is 6.96. The molecule has 0 aliphatic rings. The van der Waals surface area contributed by atoms with Crippen molar-refractivity contribution in [2.24, 2.45) is 5.92 Å². The molecule has 0 fully saturated rings. The van der Waals surface area contributed by atoms with Gasteiger partial charge in [0.05, 0.1) is 21.9 Å². The van der Waals surface area contributed by atoms with Gasteiger partial charge >= 0.3 is 6.18 Å². The molecule has 1 aromatic rings. The summed E-state index contributed by atoms with van der Waals surface area (Å²) >= 11 is 1.03. The molecule has 8 heteroatoms. The van der Waals surface area contributed by atoms with E-state index >= 15 is 0 Å². The Kier molecular flexibility index (Phi) is 6.05. The Morgan fingerprint density at radius 2 is 1.96 bits per heavy atom. The molecule has 0 aliphatic carbocycles. The molecule has 0 radical (unpaired) electrons. The highest BCUT2D eigenvalue weighted by atomic mass is 32.2. The van der Waals surface area contributed by atoms with Crippen LogP contribution >= 0.6 is 11.8 Å². The van der Waals surface area contributed by atoms with Gasteiger partial charge in [-0.05, 0) is 31.9 Å². The van der Waals surface area contributed by atoms with Gasteiger partial charge in [-0.25, -0.2) is 4.98 Å².